The third kappa shape index (κ3) is 9.48. The van der Waals surface area contributed by atoms with Crippen LogP contribution in [0.3, 0.4) is 0 Å². The van der Waals surface area contributed by atoms with Gasteiger partial charge in [0.1, 0.15) is 0 Å². The van der Waals surface area contributed by atoms with Crippen molar-refractivity contribution >= 4 is 45.2 Å². The van der Waals surface area contributed by atoms with Crippen molar-refractivity contribution in [1.82, 2.24) is 0 Å². The predicted molar refractivity (Wildman–Crippen MR) is 39.5 cm³/mol. The van der Waals surface area contributed by atoms with Crippen LogP contribution in [0.5, 0.6) is 0 Å². The summed E-state index contributed by atoms with van der Waals surface area (Å²) in [5, 5.41) is 37.2. The molecule has 0 fully saturated rings. The van der Waals surface area contributed by atoms with E-state index in [-0.39, 0.29) is 62.3 Å². The average molecular weight is 437 g/mol. The second kappa shape index (κ2) is 10.4. The van der Waals surface area contributed by atoms with E-state index in [2.05, 4.69) is 0 Å². The minimum Gasteiger partial charge on any atom is -0.870 e. The number of carbonyl (C=O) groups excluding carboxylic acids is 2. The largest absolute Gasteiger partial charge is 2.00 e. The van der Waals surface area contributed by atoms with Crippen molar-refractivity contribution in [3.8, 4) is 0 Å². The summed E-state index contributed by atoms with van der Waals surface area (Å²) in [5.74, 6) is -5.65. The van der Waals surface area contributed by atoms with Gasteiger partial charge in [0.2, 0.25) is 0 Å². The molecule has 84 valence electrons. The van der Waals surface area contributed by atoms with Gasteiger partial charge in [-0.3, -0.25) is 0 Å². The molecule has 16 heavy (non-hydrogen) atoms. The van der Waals surface area contributed by atoms with Gasteiger partial charge in [0.15, 0.2) is 5.60 Å². The van der Waals surface area contributed by atoms with Gasteiger partial charge in [-0.25, -0.2) is 4.79 Å². The summed E-state index contributed by atoms with van der Waals surface area (Å²) < 4.78 is 0. The Bertz CT molecular complexity index is 239. The molecular formula is C6H7NaO8Pb. The molecule has 0 rings (SSSR count). The van der Waals surface area contributed by atoms with Crippen LogP contribution in [-0.2, 0) is 14.4 Å². The molecule has 0 spiro atoms. The van der Waals surface area contributed by atoms with E-state index in [0.29, 0.717) is 0 Å². The fourth-order valence-corrected chi connectivity index (χ4v) is 0.691. The first kappa shape index (κ1) is 25.2. The molecule has 0 bridgehead atoms. The topological polar surface area (TPSA) is 168 Å². The fourth-order valence-electron chi connectivity index (χ4n) is 0.691. The number of carbonyl (C=O) groups is 3. The van der Waals surface area contributed by atoms with E-state index >= 15 is 0 Å². The third-order valence-corrected chi connectivity index (χ3v) is 1.27. The Morgan fingerprint density at radius 2 is 1.31 bits per heavy atom. The summed E-state index contributed by atoms with van der Waals surface area (Å²) in [5.41, 5.74) is -2.86. The van der Waals surface area contributed by atoms with Crippen LogP contribution < -0.4 is 39.8 Å². The van der Waals surface area contributed by atoms with Crippen LogP contribution in [-0.4, -0.2) is 66.5 Å². The Labute approximate surface area is 132 Å². The van der Waals surface area contributed by atoms with Crippen LogP contribution in [0.25, 0.3) is 0 Å². The average Bonchev–Trinajstić information content (AvgIpc) is 1.82. The molecule has 0 saturated heterocycles. The van der Waals surface area contributed by atoms with E-state index in [1.54, 1.807) is 0 Å². The molecule has 0 heterocycles. The first-order chi connectivity index (χ1) is 5.78. The van der Waals surface area contributed by atoms with E-state index in [4.69, 9.17) is 10.2 Å². The molecule has 0 aromatic rings. The van der Waals surface area contributed by atoms with Crippen LogP contribution >= 0.6 is 0 Å². The van der Waals surface area contributed by atoms with Crippen LogP contribution in [0.15, 0.2) is 0 Å². The molecule has 0 aromatic heterocycles. The summed E-state index contributed by atoms with van der Waals surface area (Å²) in [4.78, 5) is 30.2. The molecule has 2 radical (unpaired) electrons. The summed E-state index contributed by atoms with van der Waals surface area (Å²) in [7, 11) is 0. The van der Waals surface area contributed by atoms with Crippen molar-refractivity contribution in [1.29, 1.82) is 0 Å². The van der Waals surface area contributed by atoms with Gasteiger partial charge in [-0.15, -0.1) is 0 Å². The van der Waals surface area contributed by atoms with Gasteiger partial charge in [-0.05, 0) is 0 Å². The second-order valence-electron chi connectivity index (χ2n) is 2.43. The van der Waals surface area contributed by atoms with E-state index in [1.807, 2.05) is 0 Å². The quantitative estimate of drug-likeness (QED) is 0.400. The first-order valence-corrected chi connectivity index (χ1v) is 3.13. The summed E-state index contributed by atoms with van der Waals surface area (Å²) in [6, 6.07) is 0. The Balaban J connectivity index is -0.000000240. The summed E-state index contributed by atoms with van der Waals surface area (Å²) in [6.07, 6.45) is -2.59. The monoisotopic (exact) mass is 438 g/mol. The van der Waals surface area contributed by atoms with Crippen molar-refractivity contribution in [2.45, 2.75) is 18.4 Å². The maximum absolute atomic E-state index is 10.3. The Morgan fingerprint density at radius 3 is 1.44 bits per heavy atom. The van der Waals surface area contributed by atoms with Gasteiger partial charge < -0.3 is 35.5 Å². The molecule has 0 saturated carbocycles. The molecule has 0 atom stereocenters. The molecule has 0 aliphatic rings. The maximum atomic E-state index is 10.3. The van der Waals surface area contributed by atoms with E-state index in [1.165, 1.54) is 0 Å². The van der Waals surface area contributed by atoms with Crippen molar-refractivity contribution in [3.05, 3.63) is 0 Å². The number of carboxylic acid groups (broad SMARTS) is 3. The minimum atomic E-state index is -2.86. The molecule has 0 aliphatic carbocycles. The fraction of sp³-hybridized carbons (Fsp3) is 0.500. The second-order valence-corrected chi connectivity index (χ2v) is 2.43. The smallest absolute Gasteiger partial charge is 0.870 e. The number of rotatable bonds is 5. The van der Waals surface area contributed by atoms with Crippen LogP contribution in [0.2, 0.25) is 0 Å². The standard InChI is InChI=1S/C6H8O7.Na.H2O.Pb/c7-3(8)1-6(13,5(11)12)2-4(9)10;;;/h13H,1-2H2,(H,7,8)(H,9,10)(H,11,12);;1H2;/q;+1;;+2/p-3. The maximum Gasteiger partial charge on any atom is 2.00 e. The van der Waals surface area contributed by atoms with Gasteiger partial charge >= 0.3 is 62.8 Å². The van der Waals surface area contributed by atoms with Gasteiger partial charge in [-0.1, -0.05) is 0 Å². The number of carboxylic acids is 3. The van der Waals surface area contributed by atoms with Crippen LogP contribution in [0, 0.1) is 0 Å². The molecule has 0 amide bonds. The van der Waals surface area contributed by atoms with Crippen LogP contribution in [0.1, 0.15) is 12.8 Å². The summed E-state index contributed by atoms with van der Waals surface area (Å²) in [6.45, 7) is 0. The zero-order valence-corrected chi connectivity index (χ0v) is 14.2. The molecular weight excluding hydrogens is 430 g/mol. The zero-order chi connectivity index (χ0) is 10.6. The Hall–Kier alpha value is 0.252. The molecule has 8 nitrogen and oxygen atoms in total. The van der Waals surface area contributed by atoms with E-state index in [9.17, 15) is 24.6 Å². The number of hydrogen-bond donors (Lipinski definition) is 2. The Morgan fingerprint density at radius 1 is 1.06 bits per heavy atom. The van der Waals surface area contributed by atoms with Crippen molar-refractivity contribution in [2.75, 3.05) is 0 Å². The Kier molecular flexibility index (Phi) is 16.4. The van der Waals surface area contributed by atoms with Crippen molar-refractivity contribution in [3.63, 3.8) is 0 Å². The third-order valence-electron chi connectivity index (χ3n) is 1.27. The molecule has 0 aromatic carbocycles. The number of hydrogen-bond acceptors (Lipinski definition) is 7. The molecule has 0 unspecified atom stereocenters. The van der Waals surface area contributed by atoms with Gasteiger partial charge in [0.25, 0.3) is 0 Å². The van der Waals surface area contributed by atoms with Crippen molar-refractivity contribution < 1.29 is 69.8 Å². The SMILES string of the molecule is O=C([O-])CC(O)(CC(=O)[O-])C(=O)O.[Na+].[OH-].[Pb+2]. The van der Waals surface area contributed by atoms with Gasteiger partial charge in [-0.2, -0.15) is 0 Å². The number of aliphatic carboxylic acids is 3. The normalized spacial score (nSPS) is 8.81. The van der Waals surface area contributed by atoms with Crippen molar-refractivity contribution in [2.24, 2.45) is 0 Å². The molecule has 10 heteroatoms. The summed E-state index contributed by atoms with van der Waals surface area (Å²) >= 11 is 0. The predicted octanol–water partition coefficient (Wildman–Crippen LogP) is -7.47. The molecule has 3 N–H and O–H groups in total. The first-order valence-electron chi connectivity index (χ1n) is 3.13. The zero-order valence-electron chi connectivity index (χ0n) is 8.30. The van der Waals surface area contributed by atoms with Crippen LogP contribution in [0.4, 0.5) is 0 Å². The molecule has 0 aliphatic heterocycles. The van der Waals surface area contributed by atoms with E-state index < -0.39 is 36.4 Å². The van der Waals surface area contributed by atoms with E-state index in [0.717, 1.165) is 0 Å². The number of aliphatic hydroxyl groups is 1. The van der Waals surface area contributed by atoms with Gasteiger partial charge in [0.05, 0.1) is 0 Å². The minimum absolute atomic E-state index is 0. The van der Waals surface area contributed by atoms with Gasteiger partial charge in [0, 0.05) is 24.8 Å².